The average molecular weight is 489 g/mol. The van der Waals surface area contributed by atoms with Gasteiger partial charge >= 0.3 is 0 Å². The zero-order chi connectivity index (χ0) is 25.9. The maximum absolute atomic E-state index is 13.8. The Hall–Kier alpha value is -4.02. The molecule has 2 aliphatic carbocycles. The van der Waals surface area contributed by atoms with E-state index in [0.29, 0.717) is 12.8 Å². The second-order valence-electron chi connectivity index (χ2n) is 9.01. The van der Waals surface area contributed by atoms with Crippen molar-refractivity contribution in [2.75, 3.05) is 12.4 Å². The number of phenols is 2. The number of rotatable bonds is 2. The minimum atomic E-state index is -2.07. The van der Waals surface area contributed by atoms with Crippen molar-refractivity contribution in [2.24, 2.45) is 0 Å². The molecule has 0 radical (unpaired) electrons. The number of nitrogens with one attached hydrogen (secondary N) is 1. The molecular formula is C27H23NO8. The van der Waals surface area contributed by atoms with Gasteiger partial charge in [0.1, 0.15) is 23.5 Å². The van der Waals surface area contributed by atoms with Crippen LogP contribution < -0.4 is 10.1 Å². The molecule has 5 atom stereocenters. The van der Waals surface area contributed by atoms with E-state index in [1.165, 1.54) is 32.2 Å². The number of fused-ring (bicyclic) bond motifs is 7. The maximum atomic E-state index is 13.8. The Labute approximate surface area is 206 Å². The number of aromatic hydroxyl groups is 2. The molecule has 2 aromatic carbocycles. The van der Waals surface area contributed by atoms with Crippen molar-refractivity contribution < 1.29 is 39.9 Å². The molecule has 1 aliphatic heterocycles. The van der Waals surface area contributed by atoms with E-state index < -0.39 is 52.8 Å². The summed E-state index contributed by atoms with van der Waals surface area (Å²) in [4.78, 5) is 27.2. The van der Waals surface area contributed by atoms with Gasteiger partial charge in [-0.25, -0.2) is 0 Å². The molecule has 0 saturated carbocycles. The van der Waals surface area contributed by atoms with E-state index >= 15 is 0 Å². The van der Waals surface area contributed by atoms with Crippen molar-refractivity contribution in [1.82, 2.24) is 0 Å². The summed E-state index contributed by atoms with van der Waals surface area (Å²) in [5.41, 5.74) is -2.88. The molecule has 0 spiro atoms. The molecule has 2 aromatic rings. The lowest BCUT2D eigenvalue weighted by molar-refractivity contribution is -0.107. The number of anilines is 1. The summed E-state index contributed by atoms with van der Waals surface area (Å²) in [6.45, 7) is 1.34. The summed E-state index contributed by atoms with van der Waals surface area (Å²) in [5.74, 6) is 7.36. The molecule has 3 aliphatic rings. The van der Waals surface area contributed by atoms with Gasteiger partial charge in [-0.3, -0.25) is 9.59 Å². The number of carbonyl (C=O) groups excluding carboxylic acids is 2. The van der Waals surface area contributed by atoms with Crippen molar-refractivity contribution >= 4 is 17.3 Å². The van der Waals surface area contributed by atoms with Gasteiger partial charge in [0.2, 0.25) is 5.78 Å². The number of benzene rings is 2. The van der Waals surface area contributed by atoms with E-state index in [1.54, 1.807) is 0 Å². The average Bonchev–Trinajstić information content (AvgIpc) is 2.83. The van der Waals surface area contributed by atoms with Crippen LogP contribution in [0.1, 0.15) is 63.1 Å². The normalized spacial score (nSPS) is 26.5. The molecule has 0 aromatic heterocycles. The zero-order valence-corrected chi connectivity index (χ0v) is 19.4. The first-order chi connectivity index (χ1) is 17.1. The summed E-state index contributed by atoms with van der Waals surface area (Å²) in [6, 6.07) is 2.69. The van der Waals surface area contributed by atoms with Crippen LogP contribution in [-0.4, -0.2) is 68.1 Å². The maximum Gasteiger partial charge on any atom is 0.200 e. The van der Waals surface area contributed by atoms with Crippen LogP contribution >= 0.6 is 0 Å². The molecule has 5 rings (SSSR count). The topological polar surface area (TPSA) is 157 Å². The zero-order valence-electron chi connectivity index (χ0n) is 19.4. The van der Waals surface area contributed by atoms with E-state index in [4.69, 9.17) is 4.74 Å². The van der Waals surface area contributed by atoms with Crippen molar-refractivity contribution in [3.63, 3.8) is 0 Å². The lowest BCUT2D eigenvalue weighted by atomic mass is 9.66. The van der Waals surface area contributed by atoms with Gasteiger partial charge in [0, 0.05) is 18.4 Å². The third kappa shape index (κ3) is 3.11. The summed E-state index contributed by atoms with van der Waals surface area (Å²) < 4.78 is 5.10. The second-order valence-corrected chi connectivity index (χ2v) is 9.01. The molecule has 0 saturated heterocycles. The van der Waals surface area contributed by atoms with Gasteiger partial charge < -0.3 is 35.6 Å². The van der Waals surface area contributed by atoms with E-state index in [2.05, 4.69) is 29.0 Å². The van der Waals surface area contributed by atoms with Gasteiger partial charge in [-0.2, -0.15) is 0 Å². The lowest BCUT2D eigenvalue weighted by Gasteiger charge is -2.48. The molecule has 1 heterocycles. The fourth-order valence-corrected chi connectivity index (χ4v) is 5.29. The van der Waals surface area contributed by atoms with E-state index in [1.807, 2.05) is 0 Å². The van der Waals surface area contributed by atoms with Crippen LogP contribution in [0.25, 0.3) is 0 Å². The van der Waals surface area contributed by atoms with E-state index in [0.717, 1.165) is 0 Å². The van der Waals surface area contributed by atoms with Crippen molar-refractivity contribution in [1.29, 1.82) is 0 Å². The van der Waals surface area contributed by atoms with Crippen molar-refractivity contribution in [3.8, 4) is 40.9 Å². The molecule has 0 amide bonds. The third-order valence-electron chi connectivity index (χ3n) is 7.06. The Balaban J connectivity index is 1.84. The Kier molecular flexibility index (Phi) is 5.46. The van der Waals surface area contributed by atoms with Crippen molar-refractivity contribution in [2.45, 2.75) is 49.5 Å². The fourth-order valence-electron chi connectivity index (χ4n) is 5.29. The van der Waals surface area contributed by atoms with Gasteiger partial charge in [-0.15, -0.1) is 5.92 Å². The van der Waals surface area contributed by atoms with Crippen LogP contribution in [-0.2, 0) is 0 Å². The first-order valence-corrected chi connectivity index (χ1v) is 11.3. The van der Waals surface area contributed by atoms with E-state index in [9.17, 15) is 35.1 Å². The monoisotopic (exact) mass is 489 g/mol. The minimum Gasteiger partial charge on any atom is -0.507 e. The molecule has 9 heteroatoms. The second kappa shape index (κ2) is 8.28. The predicted octanol–water partition coefficient (Wildman–Crippen LogP) is 1.03. The Morgan fingerprint density at radius 2 is 1.78 bits per heavy atom. The highest BCUT2D eigenvalue weighted by molar-refractivity contribution is 6.32. The fraction of sp³-hybridized carbons (Fsp3) is 0.333. The van der Waals surface area contributed by atoms with Crippen LogP contribution in [0.15, 0.2) is 18.2 Å². The van der Waals surface area contributed by atoms with Crippen LogP contribution in [0, 0.1) is 23.7 Å². The van der Waals surface area contributed by atoms with Crippen LogP contribution in [0.4, 0.5) is 5.69 Å². The number of aliphatic hydroxyl groups excluding tert-OH is 2. The van der Waals surface area contributed by atoms with Gasteiger partial charge in [0.25, 0.3) is 0 Å². The molecule has 9 nitrogen and oxygen atoms in total. The number of hydrogen-bond donors (Lipinski definition) is 6. The number of phenolic OH excluding ortho intramolecular Hbond substituents is 2. The number of methoxy groups -OCH3 is 1. The Bertz CT molecular complexity index is 1450. The highest BCUT2D eigenvalue weighted by atomic mass is 16.5. The SMILES string of the molecule is COc1ccc2c(c1O)C(=O)c1c3c(cc(O)c1C2=O)C1[C@H](O)C#CCCC#C[C@H](N3)[C@@]1(O)[C@@H](C)O. The molecule has 184 valence electrons. The van der Waals surface area contributed by atoms with Crippen LogP contribution in [0.5, 0.6) is 17.2 Å². The van der Waals surface area contributed by atoms with Crippen molar-refractivity contribution in [3.05, 3.63) is 46.0 Å². The summed E-state index contributed by atoms with van der Waals surface area (Å²) >= 11 is 0. The molecule has 1 unspecified atom stereocenters. The Morgan fingerprint density at radius 3 is 2.44 bits per heavy atom. The van der Waals surface area contributed by atoms with Gasteiger partial charge in [0.15, 0.2) is 17.3 Å². The first kappa shape index (κ1) is 23.7. The quantitative estimate of drug-likeness (QED) is 0.229. The summed E-state index contributed by atoms with van der Waals surface area (Å²) in [5, 5.41) is 58.0. The molecule has 2 bridgehead atoms. The number of carbonyl (C=O) groups is 2. The largest absolute Gasteiger partial charge is 0.507 e. The highest BCUT2D eigenvalue weighted by Gasteiger charge is 2.56. The Morgan fingerprint density at radius 1 is 1.08 bits per heavy atom. The molecular weight excluding hydrogens is 466 g/mol. The molecule has 6 N–H and O–H groups in total. The number of ether oxygens (including phenoxy) is 1. The van der Waals surface area contributed by atoms with Gasteiger partial charge in [-0.1, -0.05) is 17.8 Å². The van der Waals surface area contributed by atoms with Gasteiger partial charge in [-0.05, 0) is 30.7 Å². The minimum absolute atomic E-state index is 0.0155. The highest BCUT2D eigenvalue weighted by Crippen LogP contribution is 2.51. The standard InChI is InChI=1S/C27H23NO8/c1-12(29)27(35)18-8-6-4-3-5-7-15(30)22(27)14-11-16(31)20-21(23(14)28-18)26(34)19-13(24(20)32)9-10-17(36-2)25(19)33/h9-12,15,18,22,28-31,33,35H,3-4H2,1-2H3/t12-,15-,18+,22?,27+/m1/s1. The number of hydrogen-bond acceptors (Lipinski definition) is 9. The van der Waals surface area contributed by atoms with E-state index in [-0.39, 0.29) is 39.3 Å². The van der Waals surface area contributed by atoms with Gasteiger partial charge in [0.05, 0.1) is 41.5 Å². The number of ketones is 2. The molecule has 0 fully saturated rings. The first-order valence-electron chi connectivity index (χ1n) is 11.3. The predicted molar refractivity (Wildman–Crippen MR) is 127 cm³/mol. The van der Waals surface area contributed by atoms with Crippen LogP contribution in [0.2, 0.25) is 0 Å². The summed E-state index contributed by atoms with van der Waals surface area (Å²) in [7, 11) is 1.30. The third-order valence-corrected chi connectivity index (χ3v) is 7.06. The number of aliphatic hydroxyl groups is 3. The smallest absolute Gasteiger partial charge is 0.200 e. The molecule has 36 heavy (non-hydrogen) atoms. The lowest BCUT2D eigenvalue weighted by Crippen LogP contribution is -2.62. The summed E-state index contributed by atoms with van der Waals surface area (Å²) in [6.07, 6.45) is -2.19. The van der Waals surface area contributed by atoms with Crippen LogP contribution in [0.3, 0.4) is 0 Å².